The molecule has 0 aromatic carbocycles. The zero-order valence-electron chi connectivity index (χ0n) is 8.73. The number of hydrogen-bond acceptors (Lipinski definition) is 3. The number of carbonyl (C=O) groups is 1. The van der Waals surface area contributed by atoms with Crippen LogP contribution in [0.4, 0.5) is 5.82 Å². The van der Waals surface area contributed by atoms with E-state index in [1.807, 2.05) is 0 Å². The lowest BCUT2D eigenvalue weighted by Crippen LogP contribution is -2.05. The predicted octanol–water partition coefficient (Wildman–Crippen LogP) is 1.36. The monoisotopic (exact) mass is 209 g/mol. The Hall–Kier alpha value is -1.52. The van der Waals surface area contributed by atoms with Crippen LogP contribution in [0.25, 0.3) is 0 Å². The molecule has 0 spiro atoms. The molecule has 5 heteroatoms. The van der Waals surface area contributed by atoms with Gasteiger partial charge in [-0.3, -0.25) is 4.68 Å². The fourth-order valence-electron chi connectivity index (χ4n) is 2.33. The van der Waals surface area contributed by atoms with Crippen LogP contribution in [0.2, 0.25) is 0 Å². The molecule has 1 aromatic rings. The summed E-state index contributed by atoms with van der Waals surface area (Å²) in [5.74, 6) is -0.201. The molecule has 0 atom stereocenters. The number of nitrogen functional groups attached to an aromatic ring is 1. The van der Waals surface area contributed by atoms with Crippen molar-refractivity contribution < 1.29 is 9.90 Å². The Kier molecular flexibility index (Phi) is 2.38. The SMILES string of the molecule is Cn1nc(C(=O)O)c(C2CCCC2)c1N. The third kappa shape index (κ3) is 1.58. The number of nitrogens with zero attached hydrogens (tertiary/aromatic N) is 2. The lowest BCUT2D eigenvalue weighted by atomic mass is 9.97. The molecule has 0 radical (unpaired) electrons. The van der Waals surface area contributed by atoms with Crippen molar-refractivity contribution in [3.8, 4) is 0 Å². The number of aryl methyl sites for hydroxylation is 1. The first-order chi connectivity index (χ1) is 7.11. The molecule has 1 aromatic heterocycles. The highest BCUT2D eigenvalue weighted by molar-refractivity contribution is 5.89. The van der Waals surface area contributed by atoms with E-state index in [9.17, 15) is 4.79 Å². The van der Waals surface area contributed by atoms with E-state index in [-0.39, 0.29) is 11.6 Å². The van der Waals surface area contributed by atoms with Crippen LogP contribution in [0.1, 0.15) is 47.7 Å². The molecule has 1 aliphatic carbocycles. The third-order valence-corrected chi connectivity index (χ3v) is 3.10. The van der Waals surface area contributed by atoms with Crippen molar-refractivity contribution >= 4 is 11.8 Å². The summed E-state index contributed by atoms with van der Waals surface area (Å²) in [6.07, 6.45) is 4.35. The normalized spacial score (nSPS) is 17.1. The molecule has 0 amide bonds. The van der Waals surface area contributed by atoms with Crippen LogP contribution in [-0.2, 0) is 7.05 Å². The smallest absolute Gasteiger partial charge is 0.356 e. The van der Waals surface area contributed by atoms with Crippen molar-refractivity contribution in [2.45, 2.75) is 31.6 Å². The van der Waals surface area contributed by atoms with Crippen molar-refractivity contribution in [1.29, 1.82) is 0 Å². The first-order valence-corrected chi connectivity index (χ1v) is 5.17. The van der Waals surface area contributed by atoms with Crippen LogP contribution >= 0.6 is 0 Å². The molecule has 82 valence electrons. The van der Waals surface area contributed by atoms with Gasteiger partial charge in [0.15, 0.2) is 5.69 Å². The summed E-state index contributed by atoms with van der Waals surface area (Å²) < 4.78 is 1.46. The van der Waals surface area contributed by atoms with Gasteiger partial charge in [0.05, 0.1) is 0 Å². The van der Waals surface area contributed by atoms with Crippen molar-refractivity contribution in [3.63, 3.8) is 0 Å². The summed E-state index contributed by atoms with van der Waals surface area (Å²) in [6.45, 7) is 0. The summed E-state index contributed by atoms with van der Waals surface area (Å²) in [5, 5.41) is 13.0. The Morgan fingerprint density at radius 3 is 2.67 bits per heavy atom. The fraction of sp³-hybridized carbons (Fsp3) is 0.600. The minimum atomic E-state index is -0.982. The van der Waals surface area contributed by atoms with Crippen molar-refractivity contribution in [2.75, 3.05) is 5.73 Å². The fourth-order valence-corrected chi connectivity index (χ4v) is 2.33. The van der Waals surface area contributed by atoms with Gasteiger partial charge in [0, 0.05) is 12.6 Å². The van der Waals surface area contributed by atoms with Crippen molar-refractivity contribution in [2.24, 2.45) is 7.05 Å². The van der Waals surface area contributed by atoms with E-state index in [1.54, 1.807) is 7.05 Å². The number of hydrogen-bond donors (Lipinski definition) is 2. The van der Waals surface area contributed by atoms with E-state index in [0.717, 1.165) is 31.2 Å². The highest BCUT2D eigenvalue weighted by Crippen LogP contribution is 2.38. The average Bonchev–Trinajstić information content (AvgIpc) is 2.76. The highest BCUT2D eigenvalue weighted by atomic mass is 16.4. The molecule has 2 rings (SSSR count). The number of nitrogens with two attached hydrogens (primary N) is 1. The zero-order valence-corrected chi connectivity index (χ0v) is 8.73. The van der Waals surface area contributed by atoms with Crippen LogP contribution in [0.15, 0.2) is 0 Å². The Labute approximate surface area is 87.9 Å². The summed E-state index contributed by atoms with van der Waals surface area (Å²) in [5.41, 5.74) is 6.72. The summed E-state index contributed by atoms with van der Waals surface area (Å²) in [7, 11) is 1.68. The number of carboxylic acids is 1. The van der Waals surface area contributed by atoms with Gasteiger partial charge >= 0.3 is 5.97 Å². The van der Waals surface area contributed by atoms with Gasteiger partial charge < -0.3 is 10.8 Å². The number of rotatable bonds is 2. The molecule has 0 bridgehead atoms. The minimum absolute atomic E-state index is 0.127. The maximum absolute atomic E-state index is 11.0. The van der Waals surface area contributed by atoms with Crippen molar-refractivity contribution in [1.82, 2.24) is 9.78 Å². The maximum Gasteiger partial charge on any atom is 0.356 e. The van der Waals surface area contributed by atoms with E-state index < -0.39 is 5.97 Å². The van der Waals surface area contributed by atoms with Crippen LogP contribution in [0.5, 0.6) is 0 Å². The number of aromatic carboxylic acids is 1. The van der Waals surface area contributed by atoms with Crippen LogP contribution < -0.4 is 5.73 Å². The molecule has 1 aliphatic rings. The molecule has 1 fully saturated rings. The second kappa shape index (κ2) is 3.56. The predicted molar refractivity (Wildman–Crippen MR) is 55.8 cm³/mol. The standard InChI is InChI=1S/C10H15N3O2/c1-13-9(11)7(6-4-2-3-5-6)8(12-13)10(14)15/h6H,2-5,11H2,1H3,(H,14,15). The van der Waals surface area contributed by atoms with Crippen molar-refractivity contribution in [3.05, 3.63) is 11.3 Å². The lowest BCUT2D eigenvalue weighted by molar-refractivity contribution is 0.0688. The van der Waals surface area contributed by atoms with Gasteiger partial charge in [0.2, 0.25) is 0 Å². The first kappa shape index (κ1) is 10.0. The van der Waals surface area contributed by atoms with E-state index in [0.29, 0.717) is 5.82 Å². The summed E-state index contributed by atoms with van der Waals surface area (Å²) in [4.78, 5) is 11.0. The van der Waals surface area contributed by atoms with Crippen LogP contribution in [0.3, 0.4) is 0 Å². The Balaban J connectivity index is 2.46. The minimum Gasteiger partial charge on any atom is -0.476 e. The molecular weight excluding hydrogens is 194 g/mol. The molecule has 15 heavy (non-hydrogen) atoms. The van der Waals surface area contributed by atoms with Gasteiger partial charge in [-0.2, -0.15) is 5.10 Å². The third-order valence-electron chi connectivity index (χ3n) is 3.10. The van der Waals surface area contributed by atoms with Crippen LogP contribution in [-0.4, -0.2) is 20.9 Å². The van der Waals surface area contributed by atoms with Gasteiger partial charge in [0.25, 0.3) is 0 Å². The summed E-state index contributed by atoms with van der Waals surface area (Å²) in [6, 6.07) is 0. The molecule has 1 saturated carbocycles. The quantitative estimate of drug-likeness (QED) is 0.770. The zero-order chi connectivity index (χ0) is 11.0. The second-order valence-electron chi connectivity index (χ2n) is 4.06. The lowest BCUT2D eigenvalue weighted by Gasteiger charge is -2.08. The number of aromatic nitrogens is 2. The van der Waals surface area contributed by atoms with Gasteiger partial charge in [-0.25, -0.2) is 4.79 Å². The Bertz CT molecular complexity index is 392. The van der Waals surface area contributed by atoms with Crippen LogP contribution in [0, 0.1) is 0 Å². The van der Waals surface area contributed by atoms with E-state index in [1.165, 1.54) is 4.68 Å². The molecule has 5 nitrogen and oxygen atoms in total. The highest BCUT2D eigenvalue weighted by Gasteiger charge is 2.28. The molecule has 3 N–H and O–H groups in total. The molecule has 0 saturated heterocycles. The van der Waals surface area contributed by atoms with E-state index >= 15 is 0 Å². The molecule has 1 heterocycles. The molecule has 0 aliphatic heterocycles. The van der Waals surface area contributed by atoms with Gasteiger partial charge in [-0.05, 0) is 18.8 Å². The topological polar surface area (TPSA) is 81.1 Å². The van der Waals surface area contributed by atoms with Gasteiger partial charge in [-0.1, -0.05) is 12.8 Å². The number of carboxylic acid groups (broad SMARTS) is 1. The van der Waals surface area contributed by atoms with Gasteiger partial charge in [-0.15, -0.1) is 0 Å². The van der Waals surface area contributed by atoms with Gasteiger partial charge in [0.1, 0.15) is 5.82 Å². The summed E-state index contributed by atoms with van der Waals surface area (Å²) >= 11 is 0. The maximum atomic E-state index is 11.0. The Morgan fingerprint density at radius 1 is 1.53 bits per heavy atom. The number of anilines is 1. The Morgan fingerprint density at radius 2 is 2.13 bits per heavy atom. The molecular formula is C10H15N3O2. The average molecular weight is 209 g/mol. The first-order valence-electron chi connectivity index (χ1n) is 5.17. The molecule has 0 unspecified atom stereocenters. The van der Waals surface area contributed by atoms with E-state index in [4.69, 9.17) is 10.8 Å². The second-order valence-corrected chi connectivity index (χ2v) is 4.06. The largest absolute Gasteiger partial charge is 0.476 e. The van der Waals surface area contributed by atoms with E-state index in [2.05, 4.69) is 5.10 Å².